The molecule has 0 N–H and O–H groups in total. The fourth-order valence-corrected chi connectivity index (χ4v) is 3.93. The van der Waals surface area contributed by atoms with Crippen LogP contribution in [0.15, 0.2) is 42.5 Å². The van der Waals surface area contributed by atoms with E-state index in [0.29, 0.717) is 29.9 Å². The summed E-state index contributed by atoms with van der Waals surface area (Å²) in [7, 11) is 0. The molecule has 0 aliphatic carbocycles. The molecule has 2 aromatic carbocycles. The highest BCUT2D eigenvalue weighted by Gasteiger charge is 2.37. The van der Waals surface area contributed by atoms with E-state index >= 15 is 0 Å². The summed E-state index contributed by atoms with van der Waals surface area (Å²) in [6.07, 6.45) is 4.20. The summed E-state index contributed by atoms with van der Waals surface area (Å²) in [6.45, 7) is 2.86. The van der Waals surface area contributed by atoms with E-state index in [0.717, 1.165) is 30.6 Å². The van der Waals surface area contributed by atoms with Gasteiger partial charge in [0.2, 0.25) is 0 Å². The van der Waals surface area contributed by atoms with Gasteiger partial charge in [0, 0.05) is 24.2 Å². The minimum atomic E-state index is -0.476. The van der Waals surface area contributed by atoms with Gasteiger partial charge < -0.3 is 4.90 Å². The highest BCUT2D eigenvalue weighted by molar-refractivity contribution is 6.34. The fourth-order valence-electron chi connectivity index (χ4n) is 3.93. The summed E-state index contributed by atoms with van der Waals surface area (Å²) in [5.41, 5.74) is 1.70. The van der Waals surface area contributed by atoms with E-state index in [4.69, 9.17) is 0 Å². The first-order valence-corrected chi connectivity index (χ1v) is 9.90. The van der Waals surface area contributed by atoms with Crippen molar-refractivity contribution in [2.45, 2.75) is 32.6 Å². The molecule has 0 spiro atoms. The maximum absolute atomic E-state index is 13.0. The van der Waals surface area contributed by atoms with Crippen LogP contribution in [0, 0.1) is 0 Å². The first-order valence-electron chi connectivity index (χ1n) is 9.90. The monoisotopic (exact) mass is 390 g/mol. The Morgan fingerprint density at radius 1 is 0.793 bits per heavy atom. The molecule has 3 amide bonds. The number of Topliss-reactive ketones (excluding diaryl/α,β-unsaturated/α-hetero) is 1. The highest BCUT2D eigenvalue weighted by Crippen LogP contribution is 2.30. The Morgan fingerprint density at radius 2 is 1.48 bits per heavy atom. The molecule has 1 saturated heterocycles. The lowest BCUT2D eigenvalue weighted by molar-refractivity contribution is 0.0761. The molecule has 148 valence electrons. The van der Waals surface area contributed by atoms with Crippen molar-refractivity contribution in [1.29, 1.82) is 0 Å². The molecule has 2 heterocycles. The minimum absolute atomic E-state index is 0.105. The lowest BCUT2D eigenvalue weighted by atomic mass is 10.0. The van der Waals surface area contributed by atoms with E-state index in [1.54, 1.807) is 30.3 Å². The molecule has 1 fully saturated rings. The summed E-state index contributed by atoms with van der Waals surface area (Å²) < 4.78 is 0. The standard InChI is InChI=1S/C23H22N2O4/c1-15(26)16-7-6-8-18(13-16)25-22(28)19-10-9-17(14-20(19)23(25)29)21(27)24-11-4-2-3-5-12-24/h6-10,13-14H,2-5,11-12H2,1H3. The normalized spacial score (nSPS) is 16.6. The van der Waals surface area contributed by atoms with Crippen molar-refractivity contribution >= 4 is 29.2 Å². The van der Waals surface area contributed by atoms with Gasteiger partial charge in [0.05, 0.1) is 16.8 Å². The molecule has 4 rings (SSSR count). The van der Waals surface area contributed by atoms with E-state index < -0.39 is 11.8 Å². The van der Waals surface area contributed by atoms with Gasteiger partial charge in [-0.3, -0.25) is 19.2 Å². The summed E-state index contributed by atoms with van der Waals surface area (Å²) in [4.78, 5) is 53.3. The van der Waals surface area contributed by atoms with Crippen LogP contribution in [-0.4, -0.2) is 41.5 Å². The second-order valence-corrected chi connectivity index (χ2v) is 7.52. The largest absolute Gasteiger partial charge is 0.339 e. The van der Waals surface area contributed by atoms with Crippen molar-refractivity contribution in [2.24, 2.45) is 0 Å². The summed E-state index contributed by atoms with van der Waals surface area (Å²) in [5.74, 6) is -1.17. The Kier molecular flexibility index (Phi) is 5.01. The number of fused-ring (bicyclic) bond motifs is 1. The third-order valence-corrected chi connectivity index (χ3v) is 5.54. The number of carbonyl (C=O) groups is 4. The number of ketones is 1. The van der Waals surface area contributed by atoms with Crippen LogP contribution in [0.5, 0.6) is 0 Å². The molecule has 0 radical (unpaired) electrons. The van der Waals surface area contributed by atoms with Gasteiger partial charge in [0.1, 0.15) is 0 Å². The predicted octanol–water partition coefficient (Wildman–Crippen LogP) is 3.71. The van der Waals surface area contributed by atoms with E-state index in [1.807, 2.05) is 4.90 Å². The van der Waals surface area contributed by atoms with E-state index in [-0.39, 0.29) is 22.8 Å². The number of hydrogen-bond acceptors (Lipinski definition) is 4. The first-order chi connectivity index (χ1) is 14.0. The van der Waals surface area contributed by atoms with Crippen LogP contribution < -0.4 is 4.90 Å². The fraction of sp³-hybridized carbons (Fsp3) is 0.304. The number of rotatable bonds is 3. The lowest BCUT2D eigenvalue weighted by Crippen LogP contribution is -2.32. The van der Waals surface area contributed by atoms with Crippen molar-refractivity contribution in [1.82, 2.24) is 4.90 Å². The number of imide groups is 1. The van der Waals surface area contributed by atoms with Crippen LogP contribution in [-0.2, 0) is 0 Å². The van der Waals surface area contributed by atoms with Crippen LogP contribution in [0.1, 0.15) is 74.0 Å². The van der Waals surface area contributed by atoms with Crippen molar-refractivity contribution in [3.05, 3.63) is 64.7 Å². The molecular weight excluding hydrogens is 368 g/mol. The van der Waals surface area contributed by atoms with Crippen molar-refractivity contribution < 1.29 is 19.2 Å². The zero-order valence-electron chi connectivity index (χ0n) is 16.3. The number of hydrogen-bond donors (Lipinski definition) is 0. The lowest BCUT2D eigenvalue weighted by Gasteiger charge is -2.20. The SMILES string of the molecule is CC(=O)c1cccc(N2C(=O)c3ccc(C(=O)N4CCCCCC4)cc3C2=O)c1. The number of nitrogens with zero attached hydrogens (tertiary/aromatic N) is 2. The Bertz CT molecular complexity index is 1020. The molecule has 2 aliphatic heterocycles. The van der Waals surface area contributed by atoms with Crippen molar-refractivity contribution in [3.63, 3.8) is 0 Å². The van der Waals surface area contributed by atoms with Crippen molar-refractivity contribution in [2.75, 3.05) is 18.0 Å². The molecule has 0 unspecified atom stereocenters. The Labute approximate surface area is 169 Å². The van der Waals surface area contributed by atoms with Gasteiger partial charge in [-0.1, -0.05) is 25.0 Å². The average molecular weight is 390 g/mol. The maximum atomic E-state index is 13.0. The third-order valence-electron chi connectivity index (χ3n) is 5.54. The van der Waals surface area contributed by atoms with Gasteiger partial charge in [0.15, 0.2) is 5.78 Å². The van der Waals surface area contributed by atoms with Crippen LogP contribution in [0.25, 0.3) is 0 Å². The molecule has 2 aliphatic rings. The molecule has 2 aromatic rings. The summed E-state index contributed by atoms with van der Waals surface area (Å²) >= 11 is 0. The zero-order chi connectivity index (χ0) is 20.5. The summed E-state index contributed by atoms with van der Waals surface area (Å²) in [6, 6.07) is 11.1. The molecule has 0 atom stereocenters. The van der Waals surface area contributed by atoms with Gasteiger partial charge in [-0.2, -0.15) is 0 Å². The molecule has 0 aromatic heterocycles. The molecular formula is C23H22N2O4. The van der Waals surface area contributed by atoms with Crippen molar-refractivity contribution in [3.8, 4) is 0 Å². The molecule has 6 heteroatoms. The second-order valence-electron chi connectivity index (χ2n) is 7.52. The molecule has 29 heavy (non-hydrogen) atoms. The molecule has 0 bridgehead atoms. The highest BCUT2D eigenvalue weighted by atomic mass is 16.2. The van der Waals surface area contributed by atoms with E-state index in [9.17, 15) is 19.2 Å². The van der Waals surface area contributed by atoms with Gasteiger partial charge in [-0.05, 0) is 50.1 Å². The number of benzene rings is 2. The Hall–Kier alpha value is -3.28. The minimum Gasteiger partial charge on any atom is -0.339 e. The number of likely N-dealkylation sites (tertiary alicyclic amines) is 1. The van der Waals surface area contributed by atoms with Crippen LogP contribution in [0.4, 0.5) is 5.69 Å². The maximum Gasteiger partial charge on any atom is 0.266 e. The van der Waals surface area contributed by atoms with Gasteiger partial charge in [-0.25, -0.2) is 4.90 Å². The summed E-state index contributed by atoms with van der Waals surface area (Å²) in [5, 5.41) is 0. The van der Waals surface area contributed by atoms with E-state index in [1.165, 1.54) is 19.1 Å². The second kappa shape index (κ2) is 7.62. The smallest absolute Gasteiger partial charge is 0.266 e. The Balaban J connectivity index is 1.65. The van der Waals surface area contributed by atoms with Gasteiger partial charge in [-0.15, -0.1) is 0 Å². The number of anilines is 1. The van der Waals surface area contributed by atoms with Crippen LogP contribution in [0.3, 0.4) is 0 Å². The quantitative estimate of drug-likeness (QED) is 0.592. The van der Waals surface area contributed by atoms with Crippen LogP contribution in [0.2, 0.25) is 0 Å². The van der Waals surface area contributed by atoms with Crippen LogP contribution >= 0.6 is 0 Å². The first kappa shape index (κ1) is 19.1. The average Bonchev–Trinajstić information content (AvgIpc) is 2.90. The predicted molar refractivity (Wildman–Crippen MR) is 108 cm³/mol. The Morgan fingerprint density at radius 3 is 2.17 bits per heavy atom. The number of amides is 3. The zero-order valence-corrected chi connectivity index (χ0v) is 16.3. The number of carbonyl (C=O) groups excluding carboxylic acids is 4. The third kappa shape index (κ3) is 3.46. The van der Waals surface area contributed by atoms with Gasteiger partial charge in [0.25, 0.3) is 17.7 Å². The molecule has 6 nitrogen and oxygen atoms in total. The van der Waals surface area contributed by atoms with E-state index in [2.05, 4.69) is 0 Å². The topological polar surface area (TPSA) is 74.8 Å². The van der Waals surface area contributed by atoms with Gasteiger partial charge >= 0.3 is 0 Å². The molecule has 0 saturated carbocycles.